The average molecular weight is 206 g/mol. The van der Waals surface area contributed by atoms with Crippen LogP contribution in [-0.2, 0) is 4.79 Å². The van der Waals surface area contributed by atoms with E-state index in [0.29, 0.717) is 17.8 Å². The Labute approximate surface area is 85.6 Å². The summed E-state index contributed by atoms with van der Waals surface area (Å²) >= 11 is 0. The minimum atomic E-state index is -0.873. The molecule has 0 bridgehead atoms. The number of aliphatic carboxylic acids is 1. The zero-order valence-corrected chi connectivity index (χ0v) is 8.16. The minimum Gasteiger partial charge on any atom is -0.481 e. The smallest absolute Gasteiger partial charge is 0.312 e. The molecule has 78 valence electrons. The van der Waals surface area contributed by atoms with E-state index in [2.05, 4.69) is 15.1 Å². The topological polar surface area (TPSA) is 80.4 Å². The van der Waals surface area contributed by atoms with Crippen LogP contribution in [0, 0.1) is 0 Å². The number of carbonyl (C=O) groups is 1. The number of hydrogen-bond donors (Lipinski definition) is 1. The highest BCUT2D eigenvalue weighted by molar-refractivity contribution is 5.75. The maximum absolute atomic E-state index is 11.0. The fourth-order valence-corrected chi connectivity index (χ4v) is 1.52. The molecule has 1 atom stereocenters. The molecule has 15 heavy (non-hydrogen) atoms. The van der Waals surface area contributed by atoms with E-state index < -0.39 is 11.9 Å². The lowest BCUT2D eigenvalue weighted by molar-refractivity contribution is -0.139. The van der Waals surface area contributed by atoms with E-state index >= 15 is 0 Å². The second kappa shape index (κ2) is 3.64. The maximum atomic E-state index is 11.0. The number of carboxylic acids is 1. The van der Waals surface area contributed by atoms with Gasteiger partial charge in [0.25, 0.3) is 0 Å². The van der Waals surface area contributed by atoms with E-state index in [1.807, 2.05) is 6.92 Å². The van der Waals surface area contributed by atoms with Gasteiger partial charge in [0.05, 0.1) is 11.9 Å². The molecule has 2 rings (SSSR count). The van der Waals surface area contributed by atoms with E-state index in [1.165, 1.54) is 17.0 Å². The van der Waals surface area contributed by atoms with Gasteiger partial charge in [-0.15, -0.1) is 0 Å². The monoisotopic (exact) mass is 206 g/mol. The van der Waals surface area contributed by atoms with E-state index in [4.69, 9.17) is 5.11 Å². The van der Waals surface area contributed by atoms with Crippen molar-refractivity contribution in [3.63, 3.8) is 0 Å². The Kier molecular flexibility index (Phi) is 2.32. The fraction of sp³-hybridized carbons (Fsp3) is 0.333. The molecule has 0 aromatic carbocycles. The van der Waals surface area contributed by atoms with Crippen LogP contribution in [0.2, 0.25) is 0 Å². The van der Waals surface area contributed by atoms with Crippen LogP contribution in [0.15, 0.2) is 18.7 Å². The van der Waals surface area contributed by atoms with Crippen molar-refractivity contribution >= 4 is 11.6 Å². The lowest BCUT2D eigenvalue weighted by Gasteiger charge is -2.10. The van der Waals surface area contributed by atoms with Gasteiger partial charge in [-0.2, -0.15) is 5.10 Å². The van der Waals surface area contributed by atoms with Crippen molar-refractivity contribution in [3.05, 3.63) is 24.4 Å². The normalized spacial score (nSPS) is 12.9. The zero-order valence-electron chi connectivity index (χ0n) is 8.16. The summed E-state index contributed by atoms with van der Waals surface area (Å²) in [4.78, 5) is 18.9. The predicted octanol–water partition coefficient (Wildman–Crippen LogP) is 0.702. The molecule has 2 aromatic heterocycles. The highest BCUT2D eigenvalue weighted by atomic mass is 16.4. The second-order valence-corrected chi connectivity index (χ2v) is 3.16. The molecular weight excluding hydrogens is 196 g/mol. The molecule has 1 N–H and O–H groups in total. The Morgan fingerprint density at radius 2 is 2.40 bits per heavy atom. The van der Waals surface area contributed by atoms with Gasteiger partial charge < -0.3 is 5.11 Å². The maximum Gasteiger partial charge on any atom is 0.312 e. The molecule has 6 heteroatoms. The third kappa shape index (κ3) is 1.54. The number of carboxylic acid groups (broad SMARTS) is 1. The third-order valence-corrected chi connectivity index (χ3v) is 2.28. The molecule has 0 aliphatic rings. The van der Waals surface area contributed by atoms with Crippen LogP contribution < -0.4 is 0 Å². The van der Waals surface area contributed by atoms with Gasteiger partial charge in [0.2, 0.25) is 0 Å². The summed E-state index contributed by atoms with van der Waals surface area (Å²) < 4.78 is 1.51. The van der Waals surface area contributed by atoms with Crippen LogP contribution >= 0.6 is 0 Å². The standard InChI is InChI=1S/C9H10N4O2/c1-2-6(9(14)15)7-3-10-4-8-11-5-12-13(7)8/h3-6H,2H2,1H3,(H,14,15). The van der Waals surface area contributed by atoms with Crippen molar-refractivity contribution in [2.45, 2.75) is 19.3 Å². The Morgan fingerprint density at radius 1 is 1.60 bits per heavy atom. The van der Waals surface area contributed by atoms with Crippen LogP contribution in [0.5, 0.6) is 0 Å². The van der Waals surface area contributed by atoms with Gasteiger partial charge in [0.15, 0.2) is 5.65 Å². The number of fused-ring (bicyclic) bond motifs is 1. The Bertz CT molecular complexity index is 494. The Hall–Kier alpha value is -1.98. The van der Waals surface area contributed by atoms with Gasteiger partial charge in [-0.3, -0.25) is 9.78 Å². The first-order valence-corrected chi connectivity index (χ1v) is 4.60. The van der Waals surface area contributed by atoms with Crippen LogP contribution in [0.1, 0.15) is 25.0 Å². The van der Waals surface area contributed by atoms with Gasteiger partial charge in [-0.05, 0) is 6.42 Å². The molecule has 6 nitrogen and oxygen atoms in total. The SMILES string of the molecule is CCC(C(=O)O)c1cncc2ncnn12. The molecular formula is C9H10N4O2. The van der Waals surface area contributed by atoms with E-state index in [0.717, 1.165) is 0 Å². The van der Waals surface area contributed by atoms with Crippen molar-refractivity contribution in [2.75, 3.05) is 0 Å². The number of hydrogen-bond acceptors (Lipinski definition) is 4. The molecule has 0 radical (unpaired) electrons. The summed E-state index contributed by atoms with van der Waals surface area (Å²) in [6.07, 6.45) is 4.94. The average Bonchev–Trinajstić information content (AvgIpc) is 2.66. The molecule has 0 saturated heterocycles. The first-order valence-electron chi connectivity index (χ1n) is 4.60. The zero-order chi connectivity index (χ0) is 10.8. The van der Waals surface area contributed by atoms with Gasteiger partial charge in [0.1, 0.15) is 12.2 Å². The Balaban J connectivity index is 2.59. The van der Waals surface area contributed by atoms with Gasteiger partial charge in [-0.1, -0.05) is 6.92 Å². The summed E-state index contributed by atoms with van der Waals surface area (Å²) in [6.45, 7) is 1.81. The van der Waals surface area contributed by atoms with Crippen LogP contribution in [0.25, 0.3) is 5.65 Å². The quantitative estimate of drug-likeness (QED) is 0.799. The van der Waals surface area contributed by atoms with Crippen molar-refractivity contribution in [3.8, 4) is 0 Å². The van der Waals surface area contributed by atoms with E-state index in [9.17, 15) is 4.79 Å². The van der Waals surface area contributed by atoms with Crippen molar-refractivity contribution in [2.24, 2.45) is 0 Å². The molecule has 2 aromatic rings. The van der Waals surface area contributed by atoms with Crippen molar-refractivity contribution < 1.29 is 9.90 Å². The molecule has 0 amide bonds. The van der Waals surface area contributed by atoms with Gasteiger partial charge >= 0.3 is 5.97 Å². The third-order valence-electron chi connectivity index (χ3n) is 2.28. The second-order valence-electron chi connectivity index (χ2n) is 3.16. The predicted molar refractivity (Wildman–Crippen MR) is 51.4 cm³/mol. The molecule has 1 unspecified atom stereocenters. The van der Waals surface area contributed by atoms with E-state index in [-0.39, 0.29) is 0 Å². The minimum absolute atomic E-state index is 0.496. The van der Waals surface area contributed by atoms with Crippen molar-refractivity contribution in [1.29, 1.82) is 0 Å². The summed E-state index contributed by atoms with van der Waals surface area (Å²) in [5.74, 6) is -1.47. The summed E-state index contributed by atoms with van der Waals surface area (Å²) in [7, 11) is 0. The van der Waals surface area contributed by atoms with Crippen LogP contribution in [-0.4, -0.2) is 30.7 Å². The number of nitrogens with zero attached hydrogens (tertiary/aromatic N) is 4. The largest absolute Gasteiger partial charge is 0.481 e. The molecule has 0 fully saturated rings. The number of aromatic nitrogens is 4. The molecule has 0 aliphatic carbocycles. The lowest BCUT2D eigenvalue weighted by atomic mass is 10.0. The van der Waals surface area contributed by atoms with Crippen LogP contribution in [0.3, 0.4) is 0 Å². The fourth-order valence-electron chi connectivity index (χ4n) is 1.52. The lowest BCUT2D eigenvalue weighted by Crippen LogP contribution is -2.15. The summed E-state index contributed by atoms with van der Waals surface area (Å²) in [5.41, 5.74) is 1.12. The molecule has 2 heterocycles. The van der Waals surface area contributed by atoms with Gasteiger partial charge in [0, 0.05) is 6.20 Å². The van der Waals surface area contributed by atoms with E-state index in [1.54, 1.807) is 6.20 Å². The van der Waals surface area contributed by atoms with Crippen molar-refractivity contribution in [1.82, 2.24) is 19.6 Å². The van der Waals surface area contributed by atoms with Gasteiger partial charge in [-0.25, -0.2) is 9.50 Å². The molecule has 0 spiro atoms. The first-order chi connectivity index (χ1) is 7.24. The summed E-state index contributed by atoms with van der Waals surface area (Å²) in [6, 6.07) is 0. The first kappa shape index (κ1) is 9.57. The molecule has 0 saturated carbocycles. The highest BCUT2D eigenvalue weighted by Crippen LogP contribution is 2.18. The number of rotatable bonds is 3. The Morgan fingerprint density at radius 3 is 3.07 bits per heavy atom. The highest BCUT2D eigenvalue weighted by Gasteiger charge is 2.21. The summed E-state index contributed by atoms with van der Waals surface area (Å²) in [5, 5.41) is 13.0. The molecule has 0 aliphatic heterocycles. The van der Waals surface area contributed by atoms with Crippen LogP contribution in [0.4, 0.5) is 0 Å².